The van der Waals surface area contributed by atoms with E-state index < -0.39 is 8.56 Å². The smallest absolute Gasteiger partial charge is 0.334 e. The van der Waals surface area contributed by atoms with Crippen LogP contribution >= 0.6 is 0 Å². The molecule has 0 aromatic heterocycles. The van der Waals surface area contributed by atoms with Crippen molar-refractivity contribution in [2.45, 2.75) is 46.2 Å². The first-order valence-corrected chi connectivity index (χ1v) is 8.53. The fraction of sp³-hybridized carbons (Fsp3) is 0.909. The van der Waals surface area contributed by atoms with Crippen molar-refractivity contribution in [2.24, 2.45) is 0 Å². The van der Waals surface area contributed by atoms with E-state index in [2.05, 4.69) is 0 Å². The summed E-state index contributed by atoms with van der Waals surface area (Å²) in [5.41, 5.74) is 0. The first-order valence-electron chi connectivity index (χ1n) is 6.01. The third-order valence-electron chi connectivity index (χ3n) is 2.22. The van der Waals surface area contributed by atoms with Crippen LogP contribution in [0.15, 0.2) is 0 Å². The van der Waals surface area contributed by atoms with Gasteiger partial charge in [-0.25, -0.2) is 0 Å². The largest absolute Gasteiger partial charge is 0.466 e. The quantitative estimate of drug-likeness (QED) is 0.464. The van der Waals surface area contributed by atoms with E-state index in [0.29, 0.717) is 26.2 Å². The SMILES string of the molecule is CCOC(=O)CCC[Si](C)(OCC)OCC. The lowest BCUT2D eigenvalue weighted by atomic mass is 10.3. The number of carbonyl (C=O) groups is 1. The van der Waals surface area contributed by atoms with Gasteiger partial charge in [-0.1, -0.05) is 0 Å². The van der Waals surface area contributed by atoms with Crippen molar-refractivity contribution in [2.75, 3.05) is 19.8 Å². The molecule has 16 heavy (non-hydrogen) atoms. The highest BCUT2D eigenvalue weighted by molar-refractivity contribution is 6.66. The zero-order valence-electron chi connectivity index (χ0n) is 10.9. The van der Waals surface area contributed by atoms with Crippen LogP contribution in [0.3, 0.4) is 0 Å². The van der Waals surface area contributed by atoms with E-state index in [-0.39, 0.29) is 5.97 Å². The van der Waals surface area contributed by atoms with Gasteiger partial charge in [0, 0.05) is 19.6 Å². The van der Waals surface area contributed by atoms with E-state index in [4.69, 9.17) is 13.6 Å². The van der Waals surface area contributed by atoms with Gasteiger partial charge in [0.05, 0.1) is 6.61 Å². The molecule has 0 saturated heterocycles. The molecule has 0 aromatic carbocycles. The minimum atomic E-state index is -2.05. The van der Waals surface area contributed by atoms with E-state index in [1.807, 2.05) is 27.3 Å². The Kier molecular flexibility index (Phi) is 8.51. The van der Waals surface area contributed by atoms with Gasteiger partial charge in [0.1, 0.15) is 0 Å². The standard InChI is InChI=1S/C11H24O4Si/c1-5-13-11(12)9-8-10-16(4,14-6-2)15-7-3/h5-10H2,1-4H3. The average Bonchev–Trinajstić information content (AvgIpc) is 2.18. The van der Waals surface area contributed by atoms with Crippen molar-refractivity contribution in [3.8, 4) is 0 Å². The predicted molar refractivity (Wildman–Crippen MR) is 65.5 cm³/mol. The molecule has 0 spiro atoms. The summed E-state index contributed by atoms with van der Waals surface area (Å²) in [4.78, 5) is 11.2. The summed E-state index contributed by atoms with van der Waals surface area (Å²) in [5, 5.41) is 0. The minimum absolute atomic E-state index is 0.133. The molecule has 0 radical (unpaired) electrons. The number of rotatable bonds is 9. The molecule has 5 heteroatoms. The lowest BCUT2D eigenvalue weighted by Crippen LogP contribution is -2.38. The molecule has 0 atom stereocenters. The lowest BCUT2D eigenvalue weighted by Gasteiger charge is -2.25. The molecular weight excluding hydrogens is 224 g/mol. The van der Waals surface area contributed by atoms with Gasteiger partial charge in [-0.15, -0.1) is 0 Å². The molecule has 0 fully saturated rings. The van der Waals surface area contributed by atoms with Gasteiger partial charge in [0.15, 0.2) is 0 Å². The molecule has 0 aromatic rings. The Balaban J connectivity index is 3.88. The zero-order chi connectivity index (χ0) is 12.4. The van der Waals surface area contributed by atoms with Crippen molar-refractivity contribution in [3.05, 3.63) is 0 Å². The van der Waals surface area contributed by atoms with Crippen LogP contribution in [0.4, 0.5) is 0 Å². The summed E-state index contributed by atoms with van der Waals surface area (Å²) >= 11 is 0. The maximum absolute atomic E-state index is 11.2. The fourth-order valence-corrected chi connectivity index (χ4v) is 4.00. The number of ether oxygens (including phenoxy) is 1. The van der Waals surface area contributed by atoms with Gasteiger partial charge in [-0.3, -0.25) is 4.79 Å². The van der Waals surface area contributed by atoms with Gasteiger partial charge >= 0.3 is 14.5 Å². The summed E-state index contributed by atoms with van der Waals surface area (Å²) in [6, 6.07) is 0.841. The van der Waals surface area contributed by atoms with Crippen LogP contribution in [-0.4, -0.2) is 34.4 Å². The van der Waals surface area contributed by atoms with Crippen LogP contribution in [-0.2, 0) is 18.4 Å². The molecule has 0 amide bonds. The normalized spacial score (nSPS) is 11.5. The predicted octanol–water partition coefficient (Wildman–Crippen LogP) is 2.47. The Morgan fingerprint density at radius 2 is 1.62 bits per heavy atom. The summed E-state index contributed by atoms with van der Waals surface area (Å²) in [6.07, 6.45) is 1.23. The molecule has 0 saturated carbocycles. The lowest BCUT2D eigenvalue weighted by molar-refractivity contribution is -0.143. The van der Waals surface area contributed by atoms with E-state index in [0.717, 1.165) is 12.5 Å². The van der Waals surface area contributed by atoms with E-state index in [9.17, 15) is 4.79 Å². The summed E-state index contributed by atoms with van der Waals surface area (Å²) in [5.74, 6) is -0.133. The molecule has 0 heterocycles. The molecular formula is C11H24O4Si. The molecule has 0 unspecified atom stereocenters. The molecule has 96 valence electrons. The van der Waals surface area contributed by atoms with E-state index >= 15 is 0 Å². The molecule has 0 aliphatic carbocycles. The zero-order valence-corrected chi connectivity index (χ0v) is 11.9. The van der Waals surface area contributed by atoms with Crippen molar-refractivity contribution in [3.63, 3.8) is 0 Å². The Morgan fingerprint density at radius 3 is 2.06 bits per heavy atom. The Morgan fingerprint density at radius 1 is 1.06 bits per heavy atom. The van der Waals surface area contributed by atoms with Crippen molar-refractivity contribution in [1.29, 1.82) is 0 Å². The van der Waals surface area contributed by atoms with Gasteiger partial charge in [0.25, 0.3) is 0 Å². The van der Waals surface area contributed by atoms with Crippen molar-refractivity contribution >= 4 is 14.5 Å². The Bertz CT molecular complexity index is 190. The number of carbonyl (C=O) groups excluding carboxylic acids is 1. The second-order valence-corrected chi connectivity index (χ2v) is 7.00. The highest BCUT2D eigenvalue weighted by atomic mass is 28.4. The Labute approximate surface area is 99.5 Å². The topological polar surface area (TPSA) is 44.8 Å². The number of hydrogen-bond donors (Lipinski definition) is 0. The van der Waals surface area contributed by atoms with Gasteiger partial charge in [-0.2, -0.15) is 0 Å². The maximum Gasteiger partial charge on any atom is 0.334 e. The molecule has 0 aliphatic heterocycles. The summed E-state index contributed by atoms with van der Waals surface area (Å²) in [6.45, 7) is 9.59. The Hall–Kier alpha value is -0.393. The minimum Gasteiger partial charge on any atom is -0.466 e. The molecule has 0 rings (SSSR count). The highest BCUT2D eigenvalue weighted by Crippen LogP contribution is 2.17. The molecule has 0 bridgehead atoms. The second-order valence-electron chi connectivity index (χ2n) is 3.66. The number of esters is 1. The van der Waals surface area contributed by atoms with Crippen LogP contribution in [0.2, 0.25) is 12.6 Å². The van der Waals surface area contributed by atoms with Gasteiger partial charge in [-0.05, 0) is 39.8 Å². The third-order valence-corrected chi connectivity index (χ3v) is 5.28. The maximum atomic E-state index is 11.2. The van der Waals surface area contributed by atoms with Crippen LogP contribution in [0.5, 0.6) is 0 Å². The summed E-state index contributed by atoms with van der Waals surface area (Å²) in [7, 11) is -2.05. The van der Waals surface area contributed by atoms with Crippen LogP contribution in [0.25, 0.3) is 0 Å². The van der Waals surface area contributed by atoms with Crippen LogP contribution in [0, 0.1) is 0 Å². The monoisotopic (exact) mass is 248 g/mol. The highest BCUT2D eigenvalue weighted by Gasteiger charge is 2.30. The molecule has 0 aliphatic rings. The van der Waals surface area contributed by atoms with Crippen molar-refractivity contribution in [1.82, 2.24) is 0 Å². The second kappa shape index (κ2) is 8.72. The van der Waals surface area contributed by atoms with Crippen molar-refractivity contribution < 1.29 is 18.4 Å². The summed E-state index contributed by atoms with van der Waals surface area (Å²) < 4.78 is 16.2. The molecule has 4 nitrogen and oxygen atoms in total. The van der Waals surface area contributed by atoms with Crippen LogP contribution in [0.1, 0.15) is 33.6 Å². The average molecular weight is 248 g/mol. The van der Waals surface area contributed by atoms with Crippen LogP contribution < -0.4 is 0 Å². The van der Waals surface area contributed by atoms with E-state index in [1.54, 1.807) is 0 Å². The first-order chi connectivity index (χ1) is 7.58. The third kappa shape index (κ3) is 6.98. The molecule has 0 N–H and O–H groups in total. The number of hydrogen-bond acceptors (Lipinski definition) is 4. The first kappa shape index (κ1) is 15.6. The van der Waals surface area contributed by atoms with E-state index in [1.165, 1.54) is 0 Å². The van der Waals surface area contributed by atoms with Gasteiger partial charge < -0.3 is 13.6 Å². The van der Waals surface area contributed by atoms with Gasteiger partial charge in [0.2, 0.25) is 0 Å². The fourth-order valence-electron chi connectivity index (χ4n) is 1.58.